The van der Waals surface area contributed by atoms with Crippen LogP contribution in [0.2, 0.25) is 0 Å². The number of anilines is 2. The minimum absolute atomic E-state index is 0.0431. The molecule has 1 aromatic heterocycles. The van der Waals surface area contributed by atoms with Gasteiger partial charge in [0.15, 0.2) is 5.13 Å². The van der Waals surface area contributed by atoms with Crippen LogP contribution in [0.15, 0.2) is 42.5 Å². The standard InChI is InChI=1S/C24H27FN4O2S/c1-31-20-9-3-2-8-19(20)27-12-14-28(15-13-27)23(30)17-6-5-11-29(16-17)24-26-22-18(25)7-4-10-21(22)32-24/h2-4,7-10,17H,5-6,11-16H2,1H3. The normalized spacial score (nSPS) is 19.4. The predicted molar refractivity (Wildman–Crippen MR) is 126 cm³/mol. The number of carbonyl (C=O) groups is 1. The molecule has 0 radical (unpaired) electrons. The van der Waals surface area contributed by atoms with Crippen molar-refractivity contribution in [1.82, 2.24) is 9.88 Å². The first-order valence-electron chi connectivity index (χ1n) is 11.1. The molecule has 0 bridgehead atoms. The van der Waals surface area contributed by atoms with Gasteiger partial charge in [0.2, 0.25) is 5.91 Å². The van der Waals surface area contributed by atoms with Gasteiger partial charge in [-0.3, -0.25) is 4.79 Å². The van der Waals surface area contributed by atoms with E-state index >= 15 is 0 Å². The summed E-state index contributed by atoms with van der Waals surface area (Å²) in [5.74, 6) is 0.755. The summed E-state index contributed by atoms with van der Waals surface area (Å²) in [7, 11) is 1.69. The first kappa shape index (κ1) is 21.0. The molecule has 8 heteroatoms. The Labute approximate surface area is 191 Å². The second-order valence-corrected chi connectivity index (χ2v) is 9.36. The third-order valence-corrected chi connectivity index (χ3v) is 7.50. The molecule has 3 aromatic rings. The number of ether oxygens (including phenoxy) is 1. The first-order chi connectivity index (χ1) is 15.6. The molecule has 3 heterocycles. The number of halogens is 1. The lowest BCUT2D eigenvalue weighted by Gasteiger charge is -2.40. The molecule has 2 aliphatic heterocycles. The molecule has 0 saturated carbocycles. The lowest BCUT2D eigenvalue weighted by Crippen LogP contribution is -2.52. The number of hydrogen-bond donors (Lipinski definition) is 0. The molecule has 2 aliphatic rings. The Morgan fingerprint density at radius 1 is 1.06 bits per heavy atom. The Hall–Kier alpha value is -2.87. The summed E-state index contributed by atoms with van der Waals surface area (Å²) in [5, 5.41) is 0.809. The van der Waals surface area contributed by atoms with E-state index in [4.69, 9.17) is 4.74 Å². The van der Waals surface area contributed by atoms with E-state index in [0.29, 0.717) is 25.2 Å². The molecule has 168 valence electrons. The topological polar surface area (TPSA) is 48.9 Å². The third-order valence-electron chi connectivity index (χ3n) is 6.42. The summed E-state index contributed by atoms with van der Waals surface area (Å²) in [6.45, 7) is 4.50. The molecule has 0 spiro atoms. The Kier molecular flexibility index (Phi) is 5.87. The molecule has 1 amide bonds. The van der Waals surface area contributed by atoms with E-state index in [9.17, 15) is 9.18 Å². The Morgan fingerprint density at radius 3 is 2.66 bits per heavy atom. The van der Waals surface area contributed by atoms with Crippen LogP contribution < -0.4 is 14.5 Å². The lowest BCUT2D eigenvalue weighted by atomic mass is 9.96. The molecule has 6 nitrogen and oxygen atoms in total. The van der Waals surface area contributed by atoms with E-state index in [1.54, 1.807) is 13.2 Å². The Bertz CT molecular complexity index is 1110. The molecule has 2 saturated heterocycles. The number of piperidine rings is 1. The first-order valence-corrected chi connectivity index (χ1v) is 11.9. The number of nitrogens with zero attached hydrogens (tertiary/aromatic N) is 4. The van der Waals surface area contributed by atoms with E-state index in [1.165, 1.54) is 17.4 Å². The molecule has 2 fully saturated rings. The number of para-hydroxylation sites is 3. The van der Waals surface area contributed by atoms with Gasteiger partial charge in [-0.1, -0.05) is 29.5 Å². The van der Waals surface area contributed by atoms with E-state index in [1.807, 2.05) is 29.2 Å². The maximum absolute atomic E-state index is 14.1. The maximum atomic E-state index is 14.1. The van der Waals surface area contributed by atoms with Crippen LogP contribution in [0, 0.1) is 11.7 Å². The molecule has 1 unspecified atom stereocenters. The average molecular weight is 455 g/mol. The summed E-state index contributed by atoms with van der Waals surface area (Å²) in [4.78, 5) is 24.3. The fraction of sp³-hybridized carbons (Fsp3) is 0.417. The maximum Gasteiger partial charge on any atom is 0.227 e. The number of fused-ring (bicyclic) bond motifs is 1. The van der Waals surface area contributed by atoms with Crippen molar-refractivity contribution >= 4 is 38.3 Å². The zero-order valence-corrected chi connectivity index (χ0v) is 19.0. The summed E-state index contributed by atoms with van der Waals surface area (Å²) < 4.78 is 20.4. The fourth-order valence-electron chi connectivity index (χ4n) is 4.71. The minimum atomic E-state index is -0.289. The molecule has 1 atom stereocenters. The highest BCUT2D eigenvalue weighted by Gasteiger charge is 2.32. The van der Waals surface area contributed by atoms with Crippen molar-refractivity contribution in [2.45, 2.75) is 12.8 Å². The number of piperazine rings is 1. The zero-order chi connectivity index (χ0) is 22.1. The van der Waals surface area contributed by atoms with E-state index in [2.05, 4.69) is 20.9 Å². The van der Waals surface area contributed by atoms with Gasteiger partial charge in [-0.2, -0.15) is 0 Å². The largest absolute Gasteiger partial charge is 0.495 e. The number of carbonyl (C=O) groups excluding carboxylic acids is 1. The molecular weight excluding hydrogens is 427 g/mol. The third kappa shape index (κ3) is 3.99. The monoisotopic (exact) mass is 454 g/mol. The molecule has 5 rings (SSSR count). The molecule has 32 heavy (non-hydrogen) atoms. The van der Waals surface area contributed by atoms with Gasteiger partial charge >= 0.3 is 0 Å². The van der Waals surface area contributed by atoms with Crippen molar-refractivity contribution in [3.05, 3.63) is 48.3 Å². The van der Waals surface area contributed by atoms with Gasteiger partial charge in [0, 0.05) is 39.3 Å². The van der Waals surface area contributed by atoms with Crippen molar-refractivity contribution in [3.63, 3.8) is 0 Å². The molecule has 0 N–H and O–H groups in total. The summed E-state index contributed by atoms with van der Waals surface area (Å²) in [5.41, 5.74) is 1.50. The molecule has 0 aliphatic carbocycles. The van der Waals surface area contributed by atoms with Crippen LogP contribution in [0.4, 0.5) is 15.2 Å². The number of thiazole rings is 1. The van der Waals surface area contributed by atoms with Crippen molar-refractivity contribution in [2.24, 2.45) is 5.92 Å². The summed E-state index contributed by atoms with van der Waals surface area (Å²) in [6, 6.07) is 13.1. The minimum Gasteiger partial charge on any atom is -0.495 e. The number of benzene rings is 2. The predicted octanol–water partition coefficient (Wildman–Crippen LogP) is 4.01. The quantitative estimate of drug-likeness (QED) is 0.596. The number of amides is 1. The molecular formula is C24H27FN4O2S. The van der Waals surface area contributed by atoms with Gasteiger partial charge < -0.3 is 19.4 Å². The molecule has 2 aromatic carbocycles. The van der Waals surface area contributed by atoms with E-state index in [-0.39, 0.29) is 17.6 Å². The second-order valence-electron chi connectivity index (χ2n) is 8.35. The highest BCUT2D eigenvalue weighted by molar-refractivity contribution is 7.22. The van der Waals surface area contributed by atoms with Gasteiger partial charge in [-0.15, -0.1) is 0 Å². The summed E-state index contributed by atoms with van der Waals surface area (Å²) >= 11 is 1.50. The van der Waals surface area contributed by atoms with Crippen LogP contribution in [-0.2, 0) is 4.79 Å². The number of hydrogen-bond acceptors (Lipinski definition) is 6. The SMILES string of the molecule is COc1ccccc1N1CCN(C(=O)C2CCCN(c3nc4c(F)cccc4s3)C2)CC1. The van der Waals surface area contributed by atoms with Gasteiger partial charge in [-0.25, -0.2) is 9.37 Å². The van der Waals surface area contributed by atoms with Crippen molar-refractivity contribution in [3.8, 4) is 5.75 Å². The van der Waals surface area contributed by atoms with Gasteiger partial charge in [0.25, 0.3) is 0 Å². The van der Waals surface area contributed by atoms with Crippen molar-refractivity contribution in [1.29, 1.82) is 0 Å². The fourth-order valence-corrected chi connectivity index (χ4v) is 5.72. The second kappa shape index (κ2) is 8.94. The van der Waals surface area contributed by atoms with Crippen LogP contribution in [0.5, 0.6) is 5.75 Å². The lowest BCUT2D eigenvalue weighted by molar-refractivity contribution is -0.136. The van der Waals surface area contributed by atoms with Gasteiger partial charge in [0.05, 0.1) is 23.4 Å². The summed E-state index contributed by atoms with van der Waals surface area (Å²) in [6.07, 6.45) is 1.83. The number of rotatable bonds is 4. The van der Waals surface area contributed by atoms with E-state index in [0.717, 1.165) is 53.7 Å². The van der Waals surface area contributed by atoms with Gasteiger partial charge in [0.1, 0.15) is 17.1 Å². The Balaban J connectivity index is 1.23. The Morgan fingerprint density at radius 2 is 1.88 bits per heavy atom. The van der Waals surface area contributed by atoms with E-state index < -0.39 is 0 Å². The zero-order valence-electron chi connectivity index (χ0n) is 18.2. The van der Waals surface area contributed by atoms with Crippen molar-refractivity contribution < 1.29 is 13.9 Å². The highest BCUT2D eigenvalue weighted by atomic mass is 32.1. The average Bonchev–Trinajstić information content (AvgIpc) is 3.30. The van der Waals surface area contributed by atoms with Crippen LogP contribution in [0.3, 0.4) is 0 Å². The number of aromatic nitrogens is 1. The van der Waals surface area contributed by atoms with Crippen LogP contribution in [0.25, 0.3) is 10.2 Å². The van der Waals surface area contributed by atoms with Crippen LogP contribution in [-0.4, -0.2) is 62.2 Å². The smallest absolute Gasteiger partial charge is 0.227 e. The van der Waals surface area contributed by atoms with Crippen LogP contribution >= 0.6 is 11.3 Å². The van der Waals surface area contributed by atoms with Crippen LogP contribution in [0.1, 0.15) is 12.8 Å². The van der Waals surface area contributed by atoms with Gasteiger partial charge in [-0.05, 0) is 37.1 Å². The highest BCUT2D eigenvalue weighted by Crippen LogP contribution is 2.33. The van der Waals surface area contributed by atoms with Crippen molar-refractivity contribution in [2.75, 3.05) is 56.2 Å². The number of methoxy groups -OCH3 is 1.